The Balaban J connectivity index is 2.50. The van der Waals surface area contributed by atoms with E-state index in [1.807, 2.05) is 0 Å². The van der Waals surface area contributed by atoms with E-state index < -0.39 is 9.84 Å². The van der Waals surface area contributed by atoms with Crippen LogP contribution in [0.25, 0.3) is 0 Å². The maximum Gasteiger partial charge on any atom is 0.179 e. The van der Waals surface area contributed by atoms with Gasteiger partial charge in [0.1, 0.15) is 10.7 Å². The van der Waals surface area contributed by atoms with E-state index in [4.69, 9.17) is 4.74 Å². The number of sulfone groups is 1. The minimum Gasteiger partial charge on any atom is -0.379 e. The number of anilines is 1. The Morgan fingerprint density at radius 3 is 2.94 bits per heavy atom. The van der Waals surface area contributed by atoms with Crippen molar-refractivity contribution < 1.29 is 13.2 Å². The van der Waals surface area contributed by atoms with Gasteiger partial charge >= 0.3 is 0 Å². The highest BCUT2D eigenvalue weighted by atomic mass is 32.2. The normalized spacial score (nSPS) is 11.2. The molecule has 0 atom stereocenters. The lowest BCUT2D eigenvalue weighted by atomic mass is 10.4. The van der Waals surface area contributed by atoms with Crippen LogP contribution in [0.4, 0.5) is 5.82 Å². The Bertz CT molecular complexity index is 486. The largest absolute Gasteiger partial charge is 0.379 e. The monoisotopic (exact) mass is 270 g/mol. The van der Waals surface area contributed by atoms with Gasteiger partial charge in [-0.05, 0) is 18.6 Å². The summed E-state index contributed by atoms with van der Waals surface area (Å²) in [5.41, 5.74) is 0. The van der Waals surface area contributed by atoms with Crippen molar-refractivity contribution in [3.8, 4) is 0 Å². The minimum absolute atomic E-state index is 0.205. The molecular weight excluding hydrogens is 252 g/mol. The number of hydrogen-bond donors (Lipinski definition) is 1. The summed E-state index contributed by atoms with van der Waals surface area (Å²) >= 11 is 0. The van der Waals surface area contributed by atoms with E-state index in [2.05, 4.69) is 16.9 Å². The number of nitrogens with zero attached hydrogens (tertiary/aromatic N) is 1. The van der Waals surface area contributed by atoms with Gasteiger partial charge in [-0.3, -0.25) is 0 Å². The van der Waals surface area contributed by atoms with Crippen molar-refractivity contribution in [1.29, 1.82) is 0 Å². The lowest BCUT2D eigenvalue weighted by Crippen LogP contribution is -2.13. The van der Waals surface area contributed by atoms with E-state index in [9.17, 15) is 8.42 Å². The lowest BCUT2D eigenvalue weighted by Gasteiger charge is -2.09. The van der Waals surface area contributed by atoms with Crippen molar-refractivity contribution in [1.82, 2.24) is 4.98 Å². The highest BCUT2D eigenvalue weighted by Crippen LogP contribution is 2.17. The highest BCUT2D eigenvalue weighted by molar-refractivity contribution is 7.90. The average molecular weight is 270 g/mol. The van der Waals surface area contributed by atoms with Crippen LogP contribution in [0, 0.1) is 0 Å². The molecule has 1 N–H and O–H groups in total. The molecule has 18 heavy (non-hydrogen) atoms. The molecule has 0 bridgehead atoms. The molecule has 1 aromatic heterocycles. The van der Waals surface area contributed by atoms with Gasteiger partial charge in [0.15, 0.2) is 9.84 Å². The molecule has 1 aromatic rings. The molecular formula is C12H18N2O3S. The van der Waals surface area contributed by atoms with Crippen LogP contribution in [0.2, 0.25) is 0 Å². The van der Waals surface area contributed by atoms with Gasteiger partial charge in [0.2, 0.25) is 0 Å². The second kappa shape index (κ2) is 7.13. The molecule has 0 saturated carbocycles. The molecule has 5 nitrogen and oxygen atoms in total. The van der Waals surface area contributed by atoms with E-state index >= 15 is 0 Å². The Kier molecular flexibility index (Phi) is 5.80. The summed E-state index contributed by atoms with van der Waals surface area (Å²) in [5.74, 6) is 0.368. The second-order valence-electron chi connectivity index (χ2n) is 3.74. The summed E-state index contributed by atoms with van der Waals surface area (Å²) in [6.45, 7) is 5.21. The van der Waals surface area contributed by atoms with Gasteiger partial charge < -0.3 is 10.1 Å². The van der Waals surface area contributed by atoms with Crippen molar-refractivity contribution >= 4 is 15.7 Å². The molecule has 100 valence electrons. The fourth-order valence-corrected chi connectivity index (χ4v) is 2.13. The lowest BCUT2D eigenvalue weighted by molar-refractivity contribution is 0.149. The first kappa shape index (κ1) is 14.7. The van der Waals surface area contributed by atoms with Gasteiger partial charge in [0.25, 0.3) is 0 Å². The van der Waals surface area contributed by atoms with Crippen molar-refractivity contribution in [2.24, 2.45) is 0 Å². The molecule has 0 unspecified atom stereocenters. The summed E-state index contributed by atoms with van der Waals surface area (Å²) < 4.78 is 28.3. The molecule has 0 aliphatic carbocycles. The van der Waals surface area contributed by atoms with Gasteiger partial charge in [0, 0.05) is 19.0 Å². The molecule has 0 fully saturated rings. The predicted molar refractivity (Wildman–Crippen MR) is 71.5 cm³/mol. The maximum absolute atomic E-state index is 11.5. The van der Waals surface area contributed by atoms with Gasteiger partial charge in [-0.2, -0.15) is 0 Å². The Morgan fingerprint density at radius 1 is 1.50 bits per heavy atom. The third-order valence-electron chi connectivity index (χ3n) is 2.18. The standard InChI is InChI=1S/C12H18N2O3S/c1-3-4-9-17-10-8-14-12-11(18(2,15)16)6-5-7-13-12/h3,5-7H,1,4,8-10H2,2H3,(H,13,14). The van der Waals surface area contributed by atoms with Gasteiger partial charge in [-0.1, -0.05) is 6.08 Å². The number of nitrogens with one attached hydrogen (secondary N) is 1. The first-order chi connectivity index (χ1) is 8.55. The van der Waals surface area contributed by atoms with Gasteiger partial charge in [-0.15, -0.1) is 6.58 Å². The number of pyridine rings is 1. The fraction of sp³-hybridized carbons (Fsp3) is 0.417. The van der Waals surface area contributed by atoms with Crippen LogP contribution < -0.4 is 5.32 Å². The highest BCUT2D eigenvalue weighted by Gasteiger charge is 2.13. The number of ether oxygens (including phenoxy) is 1. The molecule has 0 aliphatic heterocycles. The van der Waals surface area contributed by atoms with Crippen molar-refractivity contribution in [3.63, 3.8) is 0 Å². The minimum atomic E-state index is -3.26. The maximum atomic E-state index is 11.5. The Labute approximate surface area is 108 Å². The summed E-state index contributed by atoms with van der Waals surface area (Å²) in [5, 5.41) is 2.96. The van der Waals surface area contributed by atoms with Crippen LogP contribution in [0.1, 0.15) is 6.42 Å². The van der Waals surface area contributed by atoms with Crippen LogP contribution >= 0.6 is 0 Å². The molecule has 0 amide bonds. The quantitative estimate of drug-likeness (QED) is 0.572. The topological polar surface area (TPSA) is 68.3 Å². The van der Waals surface area contributed by atoms with Crippen LogP contribution in [-0.2, 0) is 14.6 Å². The zero-order valence-corrected chi connectivity index (χ0v) is 11.2. The van der Waals surface area contributed by atoms with Crippen molar-refractivity contribution in [2.75, 3.05) is 31.3 Å². The van der Waals surface area contributed by atoms with E-state index in [0.717, 1.165) is 12.7 Å². The molecule has 6 heteroatoms. The van der Waals surface area contributed by atoms with E-state index in [1.54, 1.807) is 18.3 Å². The first-order valence-electron chi connectivity index (χ1n) is 5.63. The molecule has 0 spiro atoms. The molecule has 0 aliphatic rings. The first-order valence-corrected chi connectivity index (χ1v) is 7.52. The third-order valence-corrected chi connectivity index (χ3v) is 3.30. The molecule has 0 radical (unpaired) electrons. The van der Waals surface area contributed by atoms with E-state index in [0.29, 0.717) is 25.6 Å². The number of hydrogen-bond acceptors (Lipinski definition) is 5. The van der Waals surface area contributed by atoms with E-state index in [-0.39, 0.29) is 4.90 Å². The summed E-state index contributed by atoms with van der Waals surface area (Å²) in [7, 11) is -3.26. The zero-order valence-electron chi connectivity index (χ0n) is 10.4. The Morgan fingerprint density at radius 2 is 2.28 bits per heavy atom. The van der Waals surface area contributed by atoms with Crippen LogP contribution in [0.3, 0.4) is 0 Å². The summed E-state index contributed by atoms with van der Waals surface area (Å²) in [4.78, 5) is 4.22. The third kappa shape index (κ3) is 4.85. The molecule has 1 heterocycles. The zero-order chi connectivity index (χ0) is 13.4. The molecule has 0 saturated heterocycles. The van der Waals surface area contributed by atoms with Crippen molar-refractivity contribution in [3.05, 3.63) is 31.0 Å². The van der Waals surface area contributed by atoms with Gasteiger partial charge in [0.05, 0.1) is 13.2 Å². The Hall–Kier alpha value is -1.40. The van der Waals surface area contributed by atoms with Crippen LogP contribution in [-0.4, -0.2) is 39.4 Å². The smallest absolute Gasteiger partial charge is 0.179 e. The SMILES string of the molecule is C=CCCOCCNc1ncccc1S(C)(=O)=O. The van der Waals surface area contributed by atoms with Crippen molar-refractivity contribution in [2.45, 2.75) is 11.3 Å². The molecule has 0 aromatic carbocycles. The fourth-order valence-electron chi connectivity index (χ4n) is 1.33. The van der Waals surface area contributed by atoms with Gasteiger partial charge in [-0.25, -0.2) is 13.4 Å². The second-order valence-corrected chi connectivity index (χ2v) is 5.72. The van der Waals surface area contributed by atoms with Crippen LogP contribution in [0.5, 0.6) is 0 Å². The van der Waals surface area contributed by atoms with E-state index in [1.165, 1.54) is 6.07 Å². The summed E-state index contributed by atoms with van der Waals surface area (Å²) in [6, 6.07) is 3.13. The average Bonchev–Trinajstić information content (AvgIpc) is 2.33. The van der Waals surface area contributed by atoms with Crippen LogP contribution in [0.15, 0.2) is 35.9 Å². The summed E-state index contributed by atoms with van der Waals surface area (Å²) in [6.07, 6.45) is 5.30. The predicted octanol–water partition coefficient (Wildman–Crippen LogP) is 1.49. The number of aromatic nitrogens is 1. The molecule has 1 rings (SSSR count). The number of rotatable bonds is 8.